The lowest BCUT2D eigenvalue weighted by molar-refractivity contribution is -0.145. The molecule has 3 N–H and O–H groups in total. The number of carbonyl (C=O) groups excluding carboxylic acids is 1. The van der Waals surface area contributed by atoms with Gasteiger partial charge in [0.2, 0.25) is 0 Å². The van der Waals surface area contributed by atoms with E-state index < -0.39 is 6.04 Å². The van der Waals surface area contributed by atoms with Gasteiger partial charge in [-0.15, -0.1) is 0 Å². The van der Waals surface area contributed by atoms with Crippen molar-refractivity contribution < 1.29 is 14.6 Å². The van der Waals surface area contributed by atoms with E-state index in [1.165, 1.54) is 0 Å². The van der Waals surface area contributed by atoms with Gasteiger partial charge < -0.3 is 15.6 Å². The molecule has 0 heterocycles. The van der Waals surface area contributed by atoms with Crippen molar-refractivity contribution in [2.75, 3.05) is 13.2 Å². The van der Waals surface area contributed by atoms with Gasteiger partial charge in [-0.25, -0.2) is 0 Å². The fourth-order valence-corrected chi connectivity index (χ4v) is 1.10. The molecular weight excluding hydrogens is 182 g/mol. The van der Waals surface area contributed by atoms with Crippen LogP contribution in [0.2, 0.25) is 0 Å². The Morgan fingerprint density at radius 2 is 2.07 bits per heavy atom. The number of aliphatic hydroxyl groups excluding tert-OH is 1. The van der Waals surface area contributed by atoms with Crippen molar-refractivity contribution in [1.29, 1.82) is 0 Å². The van der Waals surface area contributed by atoms with E-state index in [0.29, 0.717) is 31.8 Å². The van der Waals surface area contributed by atoms with Gasteiger partial charge in [-0.1, -0.05) is 13.8 Å². The topological polar surface area (TPSA) is 72.6 Å². The molecule has 4 heteroatoms. The van der Waals surface area contributed by atoms with E-state index in [-0.39, 0.29) is 12.6 Å². The fourth-order valence-electron chi connectivity index (χ4n) is 1.10. The van der Waals surface area contributed by atoms with Gasteiger partial charge in [0.25, 0.3) is 0 Å². The highest BCUT2D eigenvalue weighted by molar-refractivity contribution is 5.75. The minimum Gasteiger partial charge on any atom is -0.465 e. The first kappa shape index (κ1) is 13.4. The summed E-state index contributed by atoms with van der Waals surface area (Å²) in [6, 6.07) is -0.510. The highest BCUT2D eigenvalue weighted by Crippen LogP contribution is 2.04. The largest absolute Gasteiger partial charge is 0.465 e. The Labute approximate surface area is 85.4 Å². The summed E-state index contributed by atoms with van der Waals surface area (Å²) in [5.41, 5.74) is 5.61. The van der Waals surface area contributed by atoms with E-state index in [1.807, 2.05) is 13.8 Å². The third kappa shape index (κ3) is 6.86. The van der Waals surface area contributed by atoms with Gasteiger partial charge in [-0.2, -0.15) is 0 Å². The smallest absolute Gasteiger partial charge is 0.322 e. The lowest BCUT2D eigenvalue weighted by Crippen LogP contribution is -2.33. The number of carbonyl (C=O) groups is 1. The van der Waals surface area contributed by atoms with Crippen molar-refractivity contribution in [3.8, 4) is 0 Å². The summed E-state index contributed by atoms with van der Waals surface area (Å²) in [6.07, 6.45) is 2.00. The second kappa shape index (κ2) is 7.76. The Hall–Kier alpha value is -0.610. The van der Waals surface area contributed by atoms with E-state index in [9.17, 15) is 4.79 Å². The van der Waals surface area contributed by atoms with E-state index in [2.05, 4.69) is 0 Å². The Balaban J connectivity index is 3.52. The summed E-state index contributed by atoms with van der Waals surface area (Å²) in [6.45, 7) is 4.51. The third-order valence-electron chi connectivity index (χ3n) is 1.82. The summed E-state index contributed by atoms with van der Waals surface area (Å²) in [7, 11) is 0. The average molecular weight is 203 g/mol. The number of aliphatic hydroxyl groups is 1. The van der Waals surface area contributed by atoms with Crippen molar-refractivity contribution in [3.05, 3.63) is 0 Å². The number of esters is 1. The Kier molecular flexibility index (Phi) is 7.42. The first-order valence-corrected chi connectivity index (χ1v) is 5.11. The van der Waals surface area contributed by atoms with Gasteiger partial charge in [0, 0.05) is 6.61 Å². The Morgan fingerprint density at radius 1 is 1.43 bits per heavy atom. The molecule has 0 saturated carbocycles. The minimum absolute atomic E-state index is 0.135. The van der Waals surface area contributed by atoms with Crippen molar-refractivity contribution in [3.63, 3.8) is 0 Å². The highest BCUT2D eigenvalue weighted by atomic mass is 16.5. The molecule has 14 heavy (non-hydrogen) atoms. The second-order valence-corrected chi connectivity index (χ2v) is 3.83. The summed E-state index contributed by atoms with van der Waals surface area (Å²) < 4.78 is 4.93. The normalized spacial score (nSPS) is 12.9. The van der Waals surface area contributed by atoms with Crippen molar-refractivity contribution in [1.82, 2.24) is 0 Å². The van der Waals surface area contributed by atoms with Crippen LogP contribution in [0.5, 0.6) is 0 Å². The molecule has 0 aliphatic rings. The monoisotopic (exact) mass is 203 g/mol. The first-order valence-electron chi connectivity index (χ1n) is 5.11. The molecule has 0 aliphatic carbocycles. The average Bonchev–Trinajstić information content (AvgIpc) is 2.11. The predicted octanol–water partition coefficient (Wildman–Crippen LogP) is 0.676. The molecule has 1 unspecified atom stereocenters. The summed E-state index contributed by atoms with van der Waals surface area (Å²) in [5.74, 6) is 0.0617. The second-order valence-electron chi connectivity index (χ2n) is 3.83. The molecule has 0 saturated heterocycles. The van der Waals surface area contributed by atoms with Crippen LogP contribution in [0.3, 0.4) is 0 Å². The standard InChI is InChI=1S/C10H21NO3/c1-8(2)7-9(11)10(13)14-6-4-3-5-12/h8-9,12H,3-7,11H2,1-2H3. The van der Waals surface area contributed by atoms with Gasteiger partial charge in [-0.05, 0) is 25.2 Å². The van der Waals surface area contributed by atoms with Crippen LogP contribution in [-0.4, -0.2) is 30.3 Å². The Morgan fingerprint density at radius 3 is 2.57 bits per heavy atom. The van der Waals surface area contributed by atoms with Crippen LogP contribution in [0.15, 0.2) is 0 Å². The SMILES string of the molecule is CC(C)CC(N)C(=O)OCCCCO. The number of unbranched alkanes of at least 4 members (excludes halogenated alkanes) is 1. The zero-order valence-corrected chi connectivity index (χ0v) is 9.03. The molecule has 4 nitrogen and oxygen atoms in total. The van der Waals surface area contributed by atoms with Gasteiger partial charge in [0.15, 0.2) is 0 Å². The zero-order valence-electron chi connectivity index (χ0n) is 9.03. The molecule has 1 atom stereocenters. The van der Waals surface area contributed by atoms with Crippen molar-refractivity contribution in [2.45, 2.75) is 39.2 Å². The summed E-state index contributed by atoms with van der Waals surface area (Å²) >= 11 is 0. The van der Waals surface area contributed by atoms with E-state index in [0.717, 1.165) is 0 Å². The van der Waals surface area contributed by atoms with Crippen LogP contribution < -0.4 is 5.73 Å². The lowest BCUT2D eigenvalue weighted by Gasteiger charge is -2.12. The molecule has 0 radical (unpaired) electrons. The fraction of sp³-hybridized carbons (Fsp3) is 0.900. The van der Waals surface area contributed by atoms with Crippen LogP contribution in [0.4, 0.5) is 0 Å². The van der Waals surface area contributed by atoms with E-state index in [4.69, 9.17) is 15.6 Å². The molecule has 0 fully saturated rings. The van der Waals surface area contributed by atoms with Gasteiger partial charge in [0.1, 0.15) is 6.04 Å². The lowest BCUT2D eigenvalue weighted by atomic mass is 10.1. The molecule has 0 amide bonds. The highest BCUT2D eigenvalue weighted by Gasteiger charge is 2.15. The maximum absolute atomic E-state index is 11.2. The van der Waals surface area contributed by atoms with E-state index in [1.54, 1.807) is 0 Å². The molecule has 0 aromatic heterocycles. The predicted molar refractivity (Wildman–Crippen MR) is 54.7 cm³/mol. The van der Waals surface area contributed by atoms with Gasteiger partial charge >= 0.3 is 5.97 Å². The van der Waals surface area contributed by atoms with Crippen LogP contribution in [0.1, 0.15) is 33.1 Å². The number of ether oxygens (including phenoxy) is 1. The van der Waals surface area contributed by atoms with Gasteiger partial charge in [0.05, 0.1) is 6.61 Å². The minimum atomic E-state index is -0.510. The molecule has 0 aliphatic heterocycles. The molecule has 0 bridgehead atoms. The zero-order chi connectivity index (χ0) is 11.0. The van der Waals surface area contributed by atoms with Crippen LogP contribution in [0, 0.1) is 5.92 Å². The Bertz CT molecular complexity index is 159. The molecule has 0 aromatic carbocycles. The maximum atomic E-state index is 11.2. The molecule has 0 aromatic rings. The number of rotatable bonds is 7. The summed E-state index contributed by atoms with van der Waals surface area (Å²) in [4.78, 5) is 11.2. The molecule has 84 valence electrons. The van der Waals surface area contributed by atoms with E-state index >= 15 is 0 Å². The quantitative estimate of drug-likeness (QED) is 0.471. The van der Waals surface area contributed by atoms with Crippen LogP contribution in [-0.2, 0) is 9.53 Å². The van der Waals surface area contributed by atoms with Crippen LogP contribution in [0.25, 0.3) is 0 Å². The number of nitrogens with two attached hydrogens (primary N) is 1. The third-order valence-corrected chi connectivity index (χ3v) is 1.82. The number of hydrogen-bond acceptors (Lipinski definition) is 4. The van der Waals surface area contributed by atoms with Gasteiger partial charge in [-0.3, -0.25) is 4.79 Å². The van der Waals surface area contributed by atoms with Crippen LogP contribution >= 0.6 is 0 Å². The molecular formula is C10H21NO3. The van der Waals surface area contributed by atoms with Crippen molar-refractivity contribution in [2.24, 2.45) is 11.7 Å². The number of hydrogen-bond donors (Lipinski definition) is 2. The van der Waals surface area contributed by atoms with Crippen molar-refractivity contribution >= 4 is 5.97 Å². The first-order chi connectivity index (χ1) is 6.57. The summed E-state index contributed by atoms with van der Waals surface area (Å²) in [5, 5.41) is 8.49. The molecule has 0 spiro atoms. The maximum Gasteiger partial charge on any atom is 0.322 e. The molecule has 0 rings (SSSR count).